The highest BCUT2D eigenvalue weighted by molar-refractivity contribution is 6.31. The molecule has 0 radical (unpaired) electrons. The molecule has 108 valence electrons. The van der Waals surface area contributed by atoms with Gasteiger partial charge in [-0.25, -0.2) is 13.8 Å². The Hall–Kier alpha value is -2.27. The Kier molecular flexibility index (Phi) is 4.65. The molecule has 0 aliphatic rings. The van der Waals surface area contributed by atoms with Crippen molar-refractivity contribution in [3.8, 4) is 0 Å². The number of amidine groups is 1. The number of carbonyl (C=O) groups is 1. The van der Waals surface area contributed by atoms with Crippen LogP contribution in [0.2, 0.25) is 5.02 Å². The van der Waals surface area contributed by atoms with Gasteiger partial charge in [-0.2, -0.15) is 0 Å². The molecular weight excluding hydrogens is 298 g/mol. The molecule has 0 bridgehead atoms. The van der Waals surface area contributed by atoms with Crippen molar-refractivity contribution >= 4 is 28.9 Å². The minimum atomic E-state index is -0.610. The van der Waals surface area contributed by atoms with Crippen LogP contribution in [0.25, 0.3) is 0 Å². The van der Waals surface area contributed by atoms with Gasteiger partial charge in [0.25, 0.3) is 0 Å². The summed E-state index contributed by atoms with van der Waals surface area (Å²) in [5.41, 5.74) is 5.91. The molecule has 3 nitrogen and oxygen atoms in total. The second-order valence-corrected chi connectivity index (χ2v) is 4.69. The summed E-state index contributed by atoms with van der Waals surface area (Å²) in [6, 6.07) is 9.44. The van der Waals surface area contributed by atoms with Crippen LogP contribution in [0.15, 0.2) is 47.5 Å². The Morgan fingerprint density at radius 2 is 1.86 bits per heavy atom. The summed E-state index contributed by atoms with van der Waals surface area (Å²) in [5, 5.41) is -0.148. The third-order valence-electron chi connectivity index (χ3n) is 2.70. The number of ketones is 1. The van der Waals surface area contributed by atoms with Crippen molar-refractivity contribution in [3.05, 3.63) is 64.7 Å². The molecule has 0 fully saturated rings. The Balaban J connectivity index is 2.15. The molecule has 6 heteroatoms. The van der Waals surface area contributed by atoms with E-state index in [4.69, 9.17) is 17.3 Å². The zero-order chi connectivity index (χ0) is 15.4. The molecule has 2 N–H and O–H groups in total. The lowest BCUT2D eigenvalue weighted by Gasteiger charge is -2.03. The maximum Gasteiger partial charge on any atom is 0.170 e. The van der Waals surface area contributed by atoms with E-state index in [1.165, 1.54) is 30.3 Å². The van der Waals surface area contributed by atoms with Gasteiger partial charge in [-0.15, -0.1) is 0 Å². The first-order valence-corrected chi connectivity index (χ1v) is 6.41. The molecule has 0 heterocycles. The number of nitrogens with two attached hydrogens (primary N) is 1. The van der Waals surface area contributed by atoms with Gasteiger partial charge in [-0.1, -0.05) is 23.7 Å². The molecule has 21 heavy (non-hydrogen) atoms. The predicted octanol–water partition coefficient (Wildman–Crippen LogP) is 3.88. The summed E-state index contributed by atoms with van der Waals surface area (Å²) in [7, 11) is 0. The number of para-hydroxylation sites is 1. The number of hydrogen-bond donors (Lipinski definition) is 1. The summed E-state index contributed by atoms with van der Waals surface area (Å²) in [4.78, 5) is 15.8. The minimum Gasteiger partial charge on any atom is -0.387 e. The number of hydrogen-bond acceptors (Lipinski definition) is 2. The highest BCUT2D eigenvalue weighted by atomic mass is 35.5. The highest BCUT2D eigenvalue weighted by Gasteiger charge is 2.11. The highest BCUT2D eigenvalue weighted by Crippen LogP contribution is 2.19. The molecule has 0 saturated heterocycles. The van der Waals surface area contributed by atoms with E-state index in [9.17, 15) is 13.6 Å². The second-order valence-electron chi connectivity index (χ2n) is 4.28. The van der Waals surface area contributed by atoms with Crippen LogP contribution >= 0.6 is 11.6 Å². The van der Waals surface area contributed by atoms with E-state index in [1.807, 2.05) is 0 Å². The number of halogens is 3. The molecule has 0 aliphatic heterocycles. The Labute approximate surface area is 125 Å². The van der Waals surface area contributed by atoms with Gasteiger partial charge < -0.3 is 5.73 Å². The van der Waals surface area contributed by atoms with Crippen molar-refractivity contribution in [2.75, 3.05) is 0 Å². The molecule has 0 aromatic heterocycles. The molecule has 0 atom stereocenters. The predicted molar refractivity (Wildman–Crippen MR) is 78.0 cm³/mol. The van der Waals surface area contributed by atoms with E-state index in [0.717, 1.165) is 6.07 Å². The normalized spacial score (nSPS) is 11.5. The zero-order valence-electron chi connectivity index (χ0n) is 10.8. The van der Waals surface area contributed by atoms with Crippen molar-refractivity contribution in [1.82, 2.24) is 0 Å². The van der Waals surface area contributed by atoms with Crippen LogP contribution in [0, 0.1) is 11.6 Å². The van der Waals surface area contributed by atoms with E-state index >= 15 is 0 Å². The van der Waals surface area contributed by atoms with Crippen LogP contribution in [0.1, 0.15) is 16.8 Å². The molecule has 2 rings (SSSR count). The fourth-order valence-corrected chi connectivity index (χ4v) is 1.85. The van der Waals surface area contributed by atoms with Gasteiger partial charge in [0.2, 0.25) is 0 Å². The summed E-state index contributed by atoms with van der Waals surface area (Å²) in [6.45, 7) is 0. The van der Waals surface area contributed by atoms with Crippen molar-refractivity contribution in [2.45, 2.75) is 6.42 Å². The van der Waals surface area contributed by atoms with Gasteiger partial charge in [0.1, 0.15) is 23.2 Å². The second kappa shape index (κ2) is 6.45. The average molecular weight is 309 g/mol. The molecule has 0 aliphatic carbocycles. The lowest BCUT2D eigenvalue weighted by molar-refractivity contribution is 0.100. The lowest BCUT2D eigenvalue weighted by atomic mass is 10.1. The average Bonchev–Trinajstić information content (AvgIpc) is 2.44. The lowest BCUT2D eigenvalue weighted by Crippen LogP contribution is -2.17. The standard InChI is InChI=1S/C15H11ClF2N2O/c16-10-7-9(5-6-11(10)17)14(21)8-15(19)20-13-4-2-1-3-12(13)18/h1-7H,8H2,(H2,19,20). The first kappa shape index (κ1) is 15.1. The third-order valence-corrected chi connectivity index (χ3v) is 2.99. The first-order chi connectivity index (χ1) is 9.97. The summed E-state index contributed by atoms with van der Waals surface area (Å²) in [6.07, 6.45) is -0.212. The number of benzene rings is 2. The van der Waals surface area contributed by atoms with E-state index < -0.39 is 11.6 Å². The van der Waals surface area contributed by atoms with Crippen LogP contribution in [0.4, 0.5) is 14.5 Å². The maximum atomic E-state index is 13.4. The summed E-state index contributed by atoms with van der Waals surface area (Å²) < 4.78 is 26.4. The minimum absolute atomic E-state index is 0.0365. The van der Waals surface area contributed by atoms with Crippen LogP contribution in [-0.2, 0) is 0 Å². The smallest absolute Gasteiger partial charge is 0.170 e. The molecule has 2 aromatic rings. The monoisotopic (exact) mass is 308 g/mol. The number of nitrogens with zero attached hydrogens (tertiary/aromatic N) is 1. The molecule has 0 unspecified atom stereocenters. The van der Waals surface area contributed by atoms with Gasteiger partial charge in [0.05, 0.1) is 11.4 Å². The van der Waals surface area contributed by atoms with Crippen molar-refractivity contribution in [1.29, 1.82) is 0 Å². The van der Waals surface area contributed by atoms with Gasteiger partial charge in [0, 0.05) is 5.56 Å². The van der Waals surface area contributed by atoms with Crippen molar-refractivity contribution in [2.24, 2.45) is 10.7 Å². The fourth-order valence-electron chi connectivity index (χ4n) is 1.67. The number of carbonyl (C=O) groups excluding carboxylic acids is 1. The zero-order valence-corrected chi connectivity index (χ0v) is 11.6. The Bertz CT molecular complexity index is 717. The van der Waals surface area contributed by atoms with Crippen molar-refractivity contribution < 1.29 is 13.6 Å². The fraction of sp³-hybridized carbons (Fsp3) is 0.0667. The van der Waals surface area contributed by atoms with Crippen LogP contribution in [0.5, 0.6) is 0 Å². The van der Waals surface area contributed by atoms with Crippen LogP contribution in [-0.4, -0.2) is 11.6 Å². The van der Waals surface area contributed by atoms with Gasteiger partial charge in [-0.3, -0.25) is 4.79 Å². The first-order valence-electron chi connectivity index (χ1n) is 6.03. The van der Waals surface area contributed by atoms with Crippen LogP contribution < -0.4 is 5.73 Å². The number of rotatable bonds is 4. The molecule has 0 amide bonds. The summed E-state index contributed by atoms with van der Waals surface area (Å²) >= 11 is 5.61. The SMILES string of the molecule is NC(CC(=O)c1ccc(F)c(Cl)c1)=Nc1ccccc1F. The summed E-state index contributed by atoms with van der Waals surface area (Å²) in [5.74, 6) is -1.56. The van der Waals surface area contributed by atoms with Gasteiger partial charge in [0.15, 0.2) is 5.78 Å². The van der Waals surface area contributed by atoms with Gasteiger partial charge in [-0.05, 0) is 30.3 Å². The van der Waals surface area contributed by atoms with E-state index in [2.05, 4.69) is 4.99 Å². The Morgan fingerprint density at radius 1 is 1.14 bits per heavy atom. The number of aliphatic imine (C=N–C) groups is 1. The quantitative estimate of drug-likeness (QED) is 0.529. The largest absolute Gasteiger partial charge is 0.387 e. The Morgan fingerprint density at radius 3 is 2.52 bits per heavy atom. The van der Waals surface area contributed by atoms with Gasteiger partial charge >= 0.3 is 0 Å². The molecule has 0 spiro atoms. The van der Waals surface area contributed by atoms with Crippen molar-refractivity contribution in [3.63, 3.8) is 0 Å². The van der Waals surface area contributed by atoms with E-state index in [0.29, 0.717) is 0 Å². The molecular formula is C15H11ClF2N2O. The van der Waals surface area contributed by atoms with Crippen LogP contribution in [0.3, 0.4) is 0 Å². The number of Topliss-reactive ketones (excluding diaryl/α,β-unsaturated/α-hetero) is 1. The molecule has 0 saturated carbocycles. The topological polar surface area (TPSA) is 55.5 Å². The maximum absolute atomic E-state index is 13.4. The van der Waals surface area contributed by atoms with E-state index in [1.54, 1.807) is 6.07 Å². The third kappa shape index (κ3) is 3.86. The molecule has 2 aromatic carbocycles. The van der Waals surface area contributed by atoms with E-state index in [-0.39, 0.29) is 34.3 Å².